The lowest BCUT2D eigenvalue weighted by atomic mass is 10.1. The minimum atomic E-state index is -0.501. The Bertz CT molecular complexity index is 594. The second kappa shape index (κ2) is 7.51. The zero-order valence-corrected chi connectivity index (χ0v) is 16.0. The Balaban J connectivity index is 1.84. The van der Waals surface area contributed by atoms with Crippen LogP contribution in [-0.4, -0.2) is 58.1 Å². The van der Waals surface area contributed by atoms with Crippen LogP contribution in [0, 0.1) is 6.92 Å². The van der Waals surface area contributed by atoms with Crippen LogP contribution in [0.3, 0.4) is 0 Å². The topological polar surface area (TPSA) is 62.7 Å². The molecule has 6 nitrogen and oxygen atoms in total. The van der Waals surface area contributed by atoms with Crippen molar-refractivity contribution in [1.29, 1.82) is 0 Å². The molecule has 134 valence electrons. The maximum atomic E-state index is 12.5. The van der Waals surface area contributed by atoms with Gasteiger partial charge in [0.05, 0.1) is 10.7 Å². The highest BCUT2D eigenvalue weighted by atomic mass is 32.1. The minimum Gasteiger partial charge on any atom is -0.444 e. The standard InChI is InChI=1S/C17H27N3O3S/c1-12-10-19(16(22)23-17(3,4)5)8-9-20(12)15(21)7-6-14-11-24-13(2)18-14/h11-12H,6-10H2,1-5H3/t12-/m1/s1. The molecule has 7 heteroatoms. The Labute approximate surface area is 147 Å². The van der Waals surface area contributed by atoms with Gasteiger partial charge in [-0.3, -0.25) is 4.79 Å². The Morgan fingerprint density at radius 3 is 2.62 bits per heavy atom. The van der Waals surface area contributed by atoms with Gasteiger partial charge < -0.3 is 14.5 Å². The highest BCUT2D eigenvalue weighted by Crippen LogP contribution is 2.17. The molecule has 1 aliphatic rings. The van der Waals surface area contributed by atoms with Crippen LogP contribution in [0.4, 0.5) is 4.79 Å². The van der Waals surface area contributed by atoms with Gasteiger partial charge in [0.25, 0.3) is 0 Å². The van der Waals surface area contributed by atoms with Crippen molar-refractivity contribution in [3.8, 4) is 0 Å². The fourth-order valence-electron chi connectivity index (χ4n) is 2.72. The molecule has 1 aromatic heterocycles. The summed E-state index contributed by atoms with van der Waals surface area (Å²) in [5.74, 6) is 0.122. The molecular weight excluding hydrogens is 326 g/mol. The number of ether oxygens (including phenoxy) is 1. The third kappa shape index (κ3) is 5.19. The summed E-state index contributed by atoms with van der Waals surface area (Å²) in [6.45, 7) is 11.1. The van der Waals surface area contributed by atoms with Gasteiger partial charge in [-0.05, 0) is 41.0 Å². The summed E-state index contributed by atoms with van der Waals surface area (Å²) in [7, 11) is 0. The van der Waals surface area contributed by atoms with Crippen LogP contribution < -0.4 is 0 Å². The number of carbonyl (C=O) groups excluding carboxylic acids is 2. The number of amides is 2. The van der Waals surface area contributed by atoms with Gasteiger partial charge in [0.1, 0.15) is 5.60 Å². The number of nitrogens with zero attached hydrogens (tertiary/aromatic N) is 3. The Hall–Kier alpha value is -1.63. The lowest BCUT2D eigenvalue weighted by Crippen LogP contribution is -2.56. The average Bonchev–Trinajstić information content (AvgIpc) is 2.88. The second-order valence-corrected chi connectivity index (χ2v) is 8.28. The van der Waals surface area contributed by atoms with E-state index in [1.165, 1.54) is 0 Å². The number of hydrogen-bond acceptors (Lipinski definition) is 5. The molecule has 0 unspecified atom stereocenters. The van der Waals surface area contributed by atoms with Gasteiger partial charge in [0.15, 0.2) is 0 Å². The molecule has 0 N–H and O–H groups in total. The molecule has 1 aliphatic heterocycles. The summed E-state index contributed by atoms with van der Waals surface area (Å²) in [6.07, 6.45) is 0.821. The van der Waals surface area contributed by atoms with Crippen molar-refractivity contribution in [2.24, 2.45) is 0 Å². The van der Waals surface area contributed by atoms with Gasteiger partial charge in [0, 0.05) is 37.5 Å². The number of hydrogen-bond donors (Lipinski definition) is 0. The minimum absolute atomic E-state index is 0.00376. The van der Waals surface area contributed by atoms with Crippen molar-refractivity contribution in [3.05, 3.63) is 16.1 Å². The summed E-state index contributed by atoms with van der Waals surface area (Å²) in [5.41, 5.74) is 0.477. The van der Waals surface area contributed by atoms with Crippen LogP contribution in [-0.2, 0) is 16.0 Å². The van der Waals surface area contributed by atoms with Crippen LogP contribution in [0.25, 0.3) is 0 Å². The molecule has 0 spiro atoms. The lowest BCUT2D eigenvalue weighted by Gasteiger charge is -2.40. The Morgan fingerprint density at radius 2 is 2.08 bits per heavy atom. The lowest BCUT2D eigenvalue weighted by molar-refractivity contribution is -0.135. The monoisotopic (exact) mass is 353 g/mol. The molecule has 2 rings (SSSR count). The maximum absolute atomic E-state index is 12.5. The van der Waals surface area contributed by atoms with Gasteiger partial charge in [-0.15, -0.1) is 11.3 Å². The fourth-order valence-corrected chi connectivity index (χ4v) is 3.37. The quantitative estimate of drug-likeness (QED) is 0.838. The third-order valence-electron chi connectivity index (χ3n) is 3.86. The van der Waals surface area contributed by atoms with E-state index < -0.39 is 5.60 Å². The van der Waals surface area contributed by atoms with Crippen molar-refractivity contribution < 1.29 is 14.3 Å². The molecule has 0 aromatic carbocycles. The number of piperazine rings is 1. The van der Waals surface area contributed by atoms with E-state index in [4.69, 9.17) is 4.74 Å². The first kappa shape index (κ1) is 18.7. The smallest absolute Gasteiger partial charge is 0.410 e. The number of carbonyl (C=O) groups is 2. The maximum Gasteiger partial charge on any atom is 0.410 e. The molecule has 1 atom stereocenters. The summed E-state index contributed by atoms with van der Waals surface area (Å²) in [5, 5.41) is 3.03. The van der Waals surface area contributed by atoms with Crippen LogP contribution in [0.1, 0.15) is 44.8 Å². The largest absolute Gasteiger partial charge is 0.444 e. The average molecular weight is 353 g/mol. The number of aryl methyl sites for hydroxylation is 2. The van der Waals surface area contributed by atoms with Crippen molar-refractivity contribution in [1.82, 2.24) is 14.8 Å². The van der Waals surface area contributed by atoms with E-state index in [0.29, 0.717) is 32.5 Å². The molecule has 1 saturated heterocycles. The van der Waals surface area contributed by atoms with Gasteiger partial charge in [-0.25, -0.2) is 9.78 Å². The third-order valence-corrected chi connectivity index (χ3v) is 4.68. The van der Waals surface area contributed by atoms with E-state index >= 15 is 0 Å². The molecule has 0 radical (unpaired) electrons. The van der Waals surface area contributed by atoms with Gasteiger partial charge in [-0.2, -0.15) is 0 Å². The fraction of sp³-hybridized carbons (Fsp3) is 0.706. The SMILES string of the molecule is Cc1nc(CCC(=O)N2CCN(C(=O)OC(C)(C)C)C[C@H]2C)cs1. The zero-order chi connectivity index (χ0) is 17.9. The van der Waals surface area contributed by atoms with Crippen molar-refractivity contribution in [2.75, 3.05) is 19.6 Å². The summed E-state index contributed by atoms with van der Waals surface area (Å²) >= 11 is 1.61. The van der Waals surface area contributed by atoms with Crippen LogP contribution >= 0.6 is 11.3 Å². The molecule has 2 amide bonds. The summed E-state index contributed by atoms with van der Waals surface area (Å²) < 4.78 is 5.41. The second-order valence-electron chi connectivity index (χ2n) is 7.22. The first-order chi connectivity index (χ1) is 11.2. The molecule has 0 aliphatic carbocycles. The molecule has 1 fully saturated rings. The van der Waals surface area contributed by atoms with E-state index in [9.17, 15) is 9.59 Å². The summed E-state index contributed by atoms with van der Waals surface area (Å²) in [4.78, 5) is 32.5. The first-order valence-electron chi connectivity index (χ1n) is 8.34. The highest BCUT2D eigenvalue weighted by Gasteiger charge is 2.31. The van der Waals surface area contributed by atoms with Crippen LogP contribution in [0.2, 0.25) is 0 Å². The van der Waals surface area contributed by atoms with Gasteiger partial charge in [0.2, 0.25) is 5.91 Å². The van der Waals surface area contributed by atoms with Gasteiger partial charge >= 0.3 is 6.09 Å². The van der Waals surface area contributed by atoms with Gasteiger partial charge in [-0.1, -0.05) is 0 Å². The normalized spacial score (nSPS) is 18.6. The van der Waals surface area contributed by atoms with E-state index in [1.54, 1.807) is 16.2 Å². The zero-order valence-electron chi connectivity index (χ0n) is 15.2. The van der Waals surface area contributed by atoms with E-state index in [0.717, 1.165) is 10.7 Å². The predicted octanol–water partition coefficient (Wildman–Crippen LogP) is 2.85. The molecular formula is C17H27N3O3S. The van der Waals surface area contributed by atoms with Crippen molar-refractivity contribution in [2.45, 2.75) is 59.1 Å². The number of rotatable bonds is 3. The Morgan fingerprint density at radius 1 is 1.38 bits per heavy atom. The molecule has 2 heterocycles. The summed E-state index contributed by atoms with van der Waals surface area (Å²) in [6, 6.07) is -0.00376. The van der Waals surface area contributed by atoms with Crippen molar-refractivity contribution in [3.63, 3.8) is 0 Å². The number of thiazole rings is 1. The molecule has 1 aromatic rings. The van der Waals surface area contributed by atoms with Crippen molar-refractivity contribution >= 4 is 23.3 Å². The predicted molar refractivity (Wildman–Crippen MR) is 94.2 cm³/mol. The molecule has 0 bridgehead atoms. The first-order valence-corrected chi connectivity index (χ1v) is 9.22. The van der Waals surface area contributed by atoms with E-state index in [-0.39, 0.29) is 18.0 Å². The van der Waals surface area contributed by atoms with Crippen LogP contribution in [0.5, 0.6) is 0 Å². The molecule has 24 heavy (non-hydrogen) atoms. The Kier molecular flexibility index (Phi) is 5.85. The molecule has 0 saturated carbocycles. The highest BCUT2D eigenvalue weighted by molar-refractivity contribution is 7.09. The van der Waals surface area contributed by atoms with Crippen LogP contribution in [0.15, 0.2) is 5.38 Å². The van der Waals surface area contributed by atoms with E-state index in [1.807, 2.05) is 44.9 Å². The number of aromatic nitrogens is 1. The van der Waals surface area contributed by atoms with E-state index in [2.05, 4.69) is 4.98 Å².